The Kier molecular flexibility index (Phi) is 4.62. The number of thioether (sulfide) groups is 1. The molecule has 1 N–H and O–H groups in total. The Morgan fingerprint density at radius 2 is 1.83 bits per heavy atom. The van der Waals surface area contributed by atoms with E-state index in [0.717, 1.165) is 34.8 Å². The van der Waals surface area contributed by atoms with Gasteiger partial charge in [0.2, 0.25) is 0 Å². The van der Waals surface area contributed by atoms with E-state index in [1.54, 1.807) is 11.8 Å². The summed E-state index contributed by atoms with van der Waals surface area (Å²) in [6.45, 7) is 9.45. The van der Waals surface area contributed by atoms with E-state index in [1.165, 1.54) is 18.4 Å². The molecule has 0 aromatic carbocycles. The van der Waals surface area contributed by atoms with E-state index < -0.39 is 0 Å². The maximum atomic E-state index is 4.57. The van der Waals surface area contributed by atoms with Crippen molar-refractivity contribution in [3.63, 3.8) is 0 Å². The molecule has 0 amide bonds. The third-order valence-electron chi connectivity index (χ3n) is 3.66. The summed E-state index contributed by atoms with van der Waals surface area (Å²) in [6.07, 6.45) is 2.76. The van der Waals surface area contributed by atoms with E-state index in [9.17, 15) is 0 Å². The summed E-state index contributed by atoms with van der Waals surface area (Å²) in [6, 6.07) is 0.630. The monoisotopic (exact) mass is 265 g/mol. The number of hydrogen-bond acceptors (Lipinski definition) is 4. The summed E-state index contributed by atoms with van der Waals surface area (Å²) in [5.41, 5.74) is 3.43. The summed E-state index contributed by atoms with van der Waals surface area (Å²) in [7, 11) is 0. The van der Waals surface area contributed by atoms with Crippen molar-refractivity contribution in [3.8, 4) is 0 Å². The molecule has 0 radical (unpaired) electrons. The Morgan fingerprint density at radius 1 is 1.22 bits per heavy atom. The standard InChI is InChI=1S/C14H23N3S/c1-5-15-13(12-6-7-12)8-18-14-16-10(3)9(2)11(4)17-14/h12-13,15H,5-8H2,1-4H3. The lowest BCUT2D eigenvalue weighted by Gasteiger charge is -2.16. The van der Waals surface area contributed by atoms with Gasteiger partial charge in [0.15, 0.2) is 5.16 Å². The Bertz CT molecular complexity index is 392. The van der Waals surface area contributed by atoms with Crippen LogP contribution < -0.4 is 5.32 Å². The van der Waals surface area contributed by atoms with E-state index in [4.69, 9.17) is 0 Å². The molecule has 0 spiro atoms. The molecule has 18 heavy (non-hydrogen) atoms. The summed E-state index contributed by atoms with van der Waals surface area (Å²) in [5.74, 6) is 1.96. The van der Waals surface area contributed by atoms with Gasteiger partial charge in [0.05, 0.1) is 0 Å². The molecule has 0 bridgehead atoms. The molecule has 3 nitrogen and oxygen atoms in total. The molecule has 1 heterocycles. The summed E-state index contributed by atoms with van der Waals surface area (Å²) in [5, 5.41) is 4.51. The van der Waals surface area contributed by atoms with Gasteiger partial charge >= 0.3 is 0 Å². The van der Waals surface area contributed by atoms with Crippen LogP contribution in [0.3, 0.4) is 0 Å². The third-order valence-corrected chi connectivity index (χ3v) is 4.63. The van der Waals surface area contributed by atoms with Crippen LogP contribution >= 0.6 is 11.8 Å². The van der Waals surface area contributed by atoms with Crippen molar-refractivity contribution in [2.24, 2.45) is 5.92 Å². The molecule has 0 aliphatic heterocycles. The van der Waals surface area contributed by atoms with E-state index in [1.807, 2.05) is 0 Å². The first-order valence-corrected chi connectivity index (χ1v) is 7.78. The van der Waals surface area contributed by atoms with Crippen LogP contribution in [0.1, 0.15) is 36.7 Å². The first kappa shape index (κ1) is 13.8. The molecule has 100 valence electrons. The highest BCUT2D eigenvalue weighted by Gasteiger charge is 2.30. The van der Waals surface area contributed by atoms with Crippen LogP contribution in [0.4, 0.5) is 0 Å². The Morgan fingerprint density at radius 3 is 2.33 bits per heavy atom. The number of aromatic nitrogens is 2. The third kappa shape index (κ3) is 3.45. The van der Waals surface area contributed by atoms with Crippen molar-refractivity contribution in [2.75, 3.05) is 12.3 Å². The average molecular weight is 265 g/mol. The molecule has 1 aliphatic carbocycles. The zero-order valence-electron chi connectivity index (χ0n) is 11.8. The summed E-state index contributed by atoms with van der Waals surface area (Å²) < 4.78 is 0. The quantitative estimate of drug-likeness (QED) is 0.634. The average Bonchev–Trinajstić information content (AvgIpc) is 3.15. The van der Waals surface area contributed by atoms with Crippen LogP contribution in [-0.4, -0.2) is 28.3 Å². The smallest absolute Gasteiger partial charge is 0.188 e. The van der Waals surface area contributed by atoms with Crippen molar-refractivity contribution in [2.45, 2.75) is 51.7 Å². The van der Waals surface area contributed by atoms with Crippen molar-refractivity contribution in [3.05, 3.63) is 17.0 Å². The van der Waals surface area contributed by atoms with Gasteiger partial charge in [-0.2, -0.15) is 0 Å². The number of aryl methyl sites for hydroxylation is 2. The first-order valence-electron chi connectivity index (χ1n) is 6.79. The number of nitrogens with zero attached hydrogens (tertiary/aromatic N) is 2. The number of nitrogens with one attached hydrogen (secondary N) is 1. The Hall–Kier alpha value is -0.610. The van der Waals surface area contributed by atoms with Crippen molar-refractivity contribution < 1.29 is 0 Å². The topological polar surface area (TPSA) is 37.8 Å². The van der Waals surface area contributed by atoms with Crippen molar-refractivity contribution in [1.82, 2.24) is 15.3 Å². The zero-order valence-corrected chi connectivity index (χ0v) is 12.6. The van der Waals surface area contributed by atoms with Gasteiger partial charge < -0.3 is 5.32 Å². The minimum absolute atomic E-state index is 0.630. The van der Waals surface area contributed by atoms with E-state index in [-0.39, 0.29) is 0 Å². The normalized spacial score (nSPS) is 16.9. The SMILES string of the molecule is CCNC(CSc1nc(C)c(C)c(C)n1)C1CC1. The van der Waals surface area contributed by atoms with Crippen LogP contribution in [-0.2, 0) is 0 Å². The van der Waals surface area contributed by atoms with Gasteiger partial charge in [0.1, 0.15) is 0 Å². The van der Waals surface area contributed by atoms with Gasteiger partial charge in [-0.15, -0.1) is 0 Å². The second kappa shape index (κ2) is 6.02. The minimum atomic E-state index is 0.630. The predicted octanol–water partition coefficient (Wildman–Crippen LogP) is 2.88. The van der Waals surface area contributed by atoms with Gasteiger partial charge in [0.25, 0.3) is 0 Å². The molecule has 1 saturated carbocycles. The molecule has 0 saturated heterocycles. The van der Waals surface area contributed by atoms with Gasteiger partial charge in [-0.1, -0.05) is 18.7 Å². The lowest BCUT2D eigenvalue weighted by Crippen LogP contribution is -2.33. The second-order valence-corrected chi connectivity index (χ2v) is 6.10. The zero-order chi connectivity index (χ0) is 13.1. The van der Waals surface area contributed by atoms with Gasteiger partial charge in [-0.25, -0.2) is 9.97 Å². The lowest BCUT2D eigenvalue weighted by molar-refractivity contribution is 0.519. The lowest BCUT2D eigenvalue weighted by atomic mass is 10.2. The van der Waals surface area contributed by atoms with Crippen LogP contribution in [0.2, 0.25) is 0 Å². The fourth-order valence-corrected chi connectivity index (χ4v) is 3.21. The number of rotatable bonds is 6. The highest BCUT2D eigenvalue weighted by Crippen LogP contribution is 2.34. The van der Waals surface area contributed by atoms with Crippen molar-refractivity contribution in [1.29, 1.82) is 0 Å². The largest absolute Gasteiger partial charge is 0.313 e. The maximum Gasteiger partial charge on any atom is 0.188 e. The van der Waals surface area contributed by atoms with Crippen LogP contribution in [0, 0.1) is 26.7 Å². The molecule has 1 aromatic heterocycles. The van der Waals surface area contributed by atoms with Gasteiger partial charge in [0, 0.05) is 23.2 Å². The molecule has 4 heteroatoms. The minimum Gasteiger partial charge on any atom is -0.313 e. The maximum absolute atomic E-state index is 4.57. The molecule has 1 aromatic rings. The van der Waals surface area contributed by atoms with Gasteiger partial charge in [-0.3, -0.25) is 0 Å². The van der Waals surface area contributed by atoms with Crippen LogP contribution in [0.15, 0.2) is 5.16 Å². The van der Waals surface area contributed by atoms with Gasteiger partial charge in [-0.05, 0) is 51.6 Å². The molecule has 2 rings (SSSR count). The molecular formula is C14H23N3S. The van der Waals surface area contributed by atoms with E-state index in [0.29, 0.717) is 6.04 Å². The molecule has 1 fully saturated rings. The van der Waals surface area contributed by atoms with Crippen LogP contribution in [0.5, 0.6) is 0 Å². The first-order chi connectivity index (χ1) is 8.61. The molecule has 1 aliphatic rings. The van der Waals surface area contributed by atoms with Crippen molar-refractivity contribution >= 4 is 11.8 Å². The Labute approximate surface area is 114 Å². The fourth-order valence-electron chi connectivity index (χ4n) is 2.09. The summed E-state index contributed by atoms with van der Waals surface area (Å²) >= 11 is 1.79. The Balaban J connectivity index is 1.96. The highest BCUT2D eigenvalue weighted by molar-refractivity contribution is 7.99. The molecule has 1 unspecified atom stereocenters. The van der Waals surface area contributed by atoms with Crippen LogP contribution in [0.25, 0.3) is 0 Å². The summed E-state index contributed by atoms with van der Waals surface area (Å²) in [4.78, 5) is 9.14. The second-order valence-electron chi connectivity index (χ2n) is 5.11. The molecule has 1 atom stereocenters. The fraction of sp³-hybridized carbons (Fsp3) is 0.714. The van der Waals surface area contributed by atoms with E-state index in [2.05, 4.69) is 43.0 Å². The predicted molar refractivity (Wildman–Crippen MR) is 77.2 cm³/mol. The highest BCUT2D eigenvalue weighted by atomic mass is 32.2. The molecular weight excluding hydrogens is 242 g/mol. The van der Waals surface area contributed by atoms with E-state index >= 15 is 0 Å². The number of hydrogen-bond donors (Lipinski definition) is 1.